The Morgan fingerprint density at radius 3 is 2.26 bits per heavy atom. The van der Waals surface area contributed by atoms with Crippen LogP contribution in [0.3, 0.4) is 0 Å². The molecule has 2 aromatic carbocycles. The molecule has 19 heavy (non-hydrogen) atoms. The van der Waals surface area contributed by atoms with Gasteiger partial charge in [0.1, 0.15) is 11.9 Å². The van der Waals surface area contributed by atoms with E-state index >= 15 is 0 Å². The van der Waals surface area contributed by atoms with Crippen molar-refractivity contribution >= 4 is 23.2 Å². The number of benzene rings is 2. The van der Waals surface area contributed by atoms with Gasteiger partial charge in [0.2, 0.25) is 0 Å². The molecule has 1 nitrogen and oxygen atoms in total. The van der Waals surface area contributed by atoms with Crippen molar-refractivity contribution in [3.8, 4) is 0 Å². The van der Waals surface area contributed by atoms with Crippen molar-refractivity contribution in [1.29, 1.82) is 0 Å². The van der Waals surface area contributed by atoms with Crippen LogP contribution in [0.15, 0.2) is 30.3 Å². The molecule has 0 aliphatic rings. The molecule has 1 N–H and O–H groups in total. The summed E-state index contributed by atoms with van der Waals surface area (Å²) >= 11 is 12.0. The summed E-state index contributed by atoms with van der Waals surface area (Å²) in [5.41, 5.74) is 2.10. The Morgan fingerprint density at radius 2 is 1.68 bits per heavy atom. The number of aliphatic hydroxyl groups is 1. The zero-order valence-electron chi connectivity index (χ0n) is 10.5. The molecular weight excluding hydrogens is 286 g/mol. The summed E-state index contributed by atoms with van der Waals surface area (Å²) in [5.74, 6) is -0.256. The monoisotopic (exact) mass is 298 g/mol. The van der Waals surface area contributed by atoms with Gasteiger partial charge in [0, 0.05) is 5.56 Å². The van der Waals surface area contributed by atoms with E-state index in [9.17, 15) is 9.50 Å². The second kappa shape index (κ2) is 5.49. The van der Waals surface area contributed by atoms with E-state index in [4.69, 9.17) is 23.2 Å². The van der Waals surface area contributed by atoms with Crippen LogP contribution >= 0.6 is 23.2 Å². The predicted octanol–water partition coefficient (Wildman–Crippen LogP) is 4.83. The first kappa shape index (κ1) is 14.3. The van der Waals surface area contributed by atoms with E-state index in [1.165, 1.54) is 0 Å². The molecule has 0 saturated carbocycles. The maximum absolute atomic E-state index is 13.6. The molecule has 4 heteroatoms. The van der Waals surface area contributed by atoms with E-state index in [0.29, 0.717) is 32.3 Å². The van der Waals surface area contributed by atoms with Crippen LogP contribution in [0.25, 0.3) is 0 Å². The third-order valence-electron chi connectivity index (χ3n) is 3.05. The van der Waals surface area contributed by atoms with Crippen LogP contribution in [0, 0.1) is 19.7 Å². The van der Waals surface area contributed by atoms with Crippen molar-refractivity contribution < 1.29 is 9.50 Å². The fraction of sp³-hybridized carbons (Fsp3) is 0.200. The third kappa shape index (κ3) is 2.76. The Morgan fingerprint density at radius 1 is 1.11 bits per heavy atom. The number of halogens is 3. The van der Waals surface area contributed by atoms with Crippen LogP contribution in [0.1, 0.15) is 28.4 Å². The van der Waals surface area contributed by atoms with Crippen molar-refractivity contribution in [1.82, 2.24) is 0 Å². The lowest BCUT2D eigenvalue weighted by molar-refractivity contribution is 0.220. The summed E-state index contributed by atoms with van der Waals surface area (Å²) in [4.78, 5) is 0. The van der Waals surface area contributed by atoms with Crippen molar-refractivity contribution in [2.45, 2.75) is 20.0 Å². The van der Waals surface area contributed by atoms with Crippen LogP contribution in [0.4, 0.5) is 4.39 Å². The number of aryl methyl sites for hydroxylation is 2. The van der Waals surface area contributed by atoms with Crippen LogP contribution in [-0.2, 0) is 0 Å². The van der Waals surface area contributed by atoms with Gasteiger partial charge in [0.15, 0.2) is 0 Å². The molecule has 0 aliphatic heterocycles. The summed E-state index contributed by atoms with van der Waals surface area (Å²) in [6.07, 6.45) is -0.927. The Labute approximate surface area is 121 Å². The van der Waals surface area contributed by atoms with E-state index in [0.717, 1.165) is 0 Å². The zero-order chi connectivity index (χ0) is 14.2. The van der Waals surface area contributed by atoms with Gasteiger partial charge < -0.3 is 5.11 Å². The Kier molecular flexibility index (Phi) is 4.14. The van der Waals surface area contributed by atoms with Gasteiger partial charge >= 0.3 is 0 Å². The molecule has 1 atom stereocenters. The van der Waals surface area contributed by atoms with E-state index in [2.05, 4.69) is 0 Å². The largest absolute Gasteiger partial charge is 0.384 e. The topological polar surface area (TPSA) is 20.2 Å². The molecule has 2 aromatic rings. The second-order valence-electron chi connectivity index (χ2n) is 4.51. The lowest BCUT2D eigenvalue weighted by Gasteiger charge is -2.15. The van der Waals surface area contributed by atoms with Crippen LogP contribution in [0.2, 0.25) is 10.0 Å². The first-order valence-corrected chi connectivity index (χ1v) is 6.56. The highest BCUT2D eigenvalue weighted by molar-refractivity contribution is 6.42. The molecule has 0 spiro atoms. The smallest absolute Gasteiger partial charge is 0.129 e. The molecule has 0 radical (unpaired) electrons. The summed E-state index contributed by atoms with van der Waals surface area (Å²) < 4.78 is 13.6. The third-order valence-corrected chi connectivity index (χ3v) is 3.88. The molecule has 0 aromatic heterocycles. The summed E-state index contributed by atoms with van der Waals surface area (Å²) in [7, 11) is 0. The van der Waals surface area contributed by atoms with Crippen LogP contribution in [0.5, 0.6) is 0 Å². The standard InChI is InChI=1S/C15H13Cl2FO/c1-8-6-10(7-9(2)14(8)18)15(19)11-4-3-5-12(16)13(11)17/h3-7,15,19H,1-2H3. The molecular formula is C15H13Cl2FO. The van der Waals surface area contributed by atoms with Crippen molar-refractivity contribution in [3.05, 3.63) is 68.4 Å². The van der Waals surface area contributed by atoms with E-state index in [1.807, 2.05) is 0 Å². The second-order valence-corrected chi connectivity index (χ2v) is 5.30. The van der Waals surface area contributed by atoms with Gasteiger partial charge in [-0.1, -0.05) is 47.5 Å². The fourth-order valence-corrected chi connectivity index (χ4v) is 2.46. The minimum Gasteiger partial charge on any atom is -0.384 e. The normalized spacial score (nSPS) is 12.5. The fourth-order valence-electron chi connectivity index (χ4n) is 2.05. The van der Waals surface area contributed by atoms with Gasteiger partial charge in [-0.2, -0.15) is 0 Å². The lowest BCUT2D eigenvalue weighted by atomic mass is 9.97. The van der Waals surface area contributed by atoms with Gasteiger partial charge in [-0.25, -0.2) is 4.39 Å². The number of rotatable bonds is 2. The van der Waals surface area contributed by atoms with Gasteiger partial charge in [0.25, 0.3) is 0 Å². The van der Waals surface area contributed by atoms with Crippen molar-refractivity contribution in [3.63, 3.8) is 0 Å². The SMILES string of the molecule is Cc1cc(C(O)c2cccc(Cl)c2Cl)cc(C)c1F. The average Bonchev–Trinajstić information content (AvgIpc) is 2.38. The molecule has 1 unspecified atom stereocenters. The number of aliphatic hydroxyl groups excluding tert-OH is 1. The molecule has 0 saturated heterocycles. The van der Waals surface area contributed by atoms with Gasteiger partial charge in [-0.15, -0.1) is 0 Å². The summed E-state index contributed by atoms with van der Waals surface area (Å²) in [6.45, 7) is 3.33. The van der Waals surface area contributed by atoms with Gasteiger partial charge in [0.05, 0.1) is 10.0 Å². The molecule has 0 bridgehead atoms. The zero-order valence-corrected chi connectivity index (χ0v) is 12.1. The molecule has 100 valence electrons. The van der Waals surface area contributed by atoms with E-state index in [1.54, 1.807) is 44.2 Å². The number of hydrogen-bond donors (Lipinski definition) is 1. The quantitative estimate of drug-likeness (QED) is 0.842. The minimum absolute atomic E-state index is 0.256. The van der Waals surface area contributed by atoms with Crippen LogP contribution < -0.4 is 0 Å². The highest BCUT2D eigenvalue weighted by Gasteiger charge is 2.17. The molecule has 0 fully saturated rings. The van der Waals surface area contributed by atoms with Gasteiger partial charge in [-0.05, 0) is 36.6 Å². The summed E-state index contributed by atoms with van der Waals surface area (Å²) in [6, 6.07) is 8.30. The van der Waals surface area contributed by atoms with Crippen molar-refractivity contribution in [2.75, 3.05) is 0 Å². The van der Waals surface area contributed by atoms with Crippen LogP contribution in [-0.4, -0.2) is 5.11 Å². The molecule has 0 heterocycles. The maximum atomic E-state index is 13.6. The van der Waals surface area contributed by atoms with Gasteiger partial charge in [-0.3, -0.25) is 0 Å². The first-order valence-electron chi connectivity index (χ1n) is 5.80. The highest BCUT2D eigenvalue weighted by Crippen LogP contribution is 2.34. The molecule has 0 amide bonds. The van der Waals surface area contributed by atoms with E-state index < -0.39 is 6.10 Å². The Hall–Kier alpha value is -1.09. The summed E-state index contributed by atoms with van der Waals surface area (Å²) in [5, 5.41) is 11.1. The highest BCUT2D eigenvalue weighted by atomic mass is 35.5. The Bertz CT molecular complexity index is 603. The minimum atomic E-state index is -0.927. The predicted molar refractivity (Wildman–Crippen MR) is 76.4 cm³/mol. The lowest BCUT2D eigenvalue weighted by Crippen LogP contribution is -2.03. The average molecular weight is 299 g/mol. The van der Waals surface area contributed by atoms with Crippen molar-refractivity contribution in [2.24, 2.45) is 0 Å². The molecule has 0 aliphatic carbocycles. The Balaban J connectivity index is 2.50. The first-order chi connectivity index (χ1) is 8.91. The number of hydrogen-bond acceptors (Lipinski definition) is 1. The molecule has 2 rings (SSSR count). The maximum Gasteiger partial charge on any atom is 0.129 e. The van der Waals surface area contributed by atoms with E-state index in [-0.39, 0.29) is 5.82 Å².